The maximum Gasteiger partial charge on any atom is 0.323 e. The number of ether oxygens (including phenoxy) is 1. The van der Waals surface area contributed by atoms with Gasteiger partial charge in [0.25, 0.3) is 0 Å². The van der Waals surface area contributed by atoms with Crippen molar-refractivity contribution in [2.24, 2.45) is 0 Å². The van der Waals surface area contributed by atoms with Crippen LogP contribution < -0.4 is 5.32 Å². The van der Waals surface area contributed by atoms with Gasteiger partial charge in [-0.1, -0.05) is 25.7 Å². The topological polar surface area (TPSA) is 58.6 Å². The van der Waals surface area contributed by atoms with E-state index in [-0.39, 0.29) is 17.9 Å². The molecule has 1 aliphatic carbocycles. The molecule has 2 aliphatic rings. The molecular formula is C16H28N2O3. The lowest BCUT2D eigenvalue weighted by Crippen LogP contribution is -2.47. The number of carbonyl (C=O) groups is 2. The van der Waals surface area contributed by atoms with Crippen LogP contribution in [0, 0.1) is 0 Å². The number of nitrogens with one attached hydrogen (secondary N) is 1. The van der Waals surface area contributed by atoms with Gasteiger partial charge in [0.05, 0.1) is 7.11 Å². The van der Waals surface area contributed by atoms with Crippen LogP contribution in [0.3, 0.4) is 0 Å². The Morgan fingerprint density at radius 1 is 1.10 bits per heavy atom. The van der Waals surface area contributed by atoms with Crippen molar-refractivity contribution in [1.29, 1.82) is 0 Å². The summed E-state index contributed by atoms with van der Waals surface area (Å²) in [5.74, 6) is -0.0431. The fourth-order valence-electron chi connectivity index (χ4n) is 3.45. The molecule has 120 valence electrons. The molecule has 0 aromatic carbocycles. The molecule has 1 aliphatic heterocycles. The maximum atomic E-state index is 12.0. The van der Waals surface area contributed by atoms with E-state index in [0.717, 1.165) is 38.6 Å². The minimum atomic E-state index is -0.164. The van der Waals surface area contributed by atoms with Crippen LogP contribution in [0.2, 0.25) is 0 Å². The largest absolute Gasteiger partial charge is 0.468 e. The molecule has 2 rings (SSSR count). The molecule has 0 spiro atoms. The number of hydrogen-bond acceptors (Lipinski definition) is 4. The Bertz CT molecular complexity index is 353. The first-order valence-corrected chi connectivity index (χ1v) is 8.32. The third-order valence-electron chi connectivity index (χ3n) is 4.68. The summed E-state index contributed by atoms with van der Waals surface area (Å²) in [5.41, 5.74) is 0. The lowest BCUT2D eigenvalue weighted by molar-refractivity contribution is -0.148. The van der Waals surface area contributed by atoms with Crippen LogP contribution in [-0.2, 0) is 14.3 Å². The summed E-state index contributed by atoms with van der Waals surface area (Å²) >= 11 is 0. The van der Waals surface area contributed by atoms with Gasteiger partial charge < -0.3 is 10.1 Å². The van der Waals surface area contributed by atoms with Crippen LogP contribution in [0.25, 0.3) is 0 Å². The number of methoxy groups -OCH3 is 1. The molecule has 0 radical (unpaired) electrons. The van der Waals surface area contributed by atoms with Crippen molar-refractivity contribution in [2.75, 3.05) is 20.2 Å². The summed E-state index contributed by atoms with van der Waals surface area (Å²) in [4.78, 5) is 25.9. The summed E-state index contributed by atoms with van der Waals surface area (Å²) in [6.07, 6.45) is 9.44. The van der Waals surface area contributed by atoms with Crippen LogP contribution in [0.15, 0.2) is 0 Å². The van der Waals surface area contributed by atoms with Gasteiger partial charge in [-0.2, -0.15) is 0 Å². The Hall–Kier alpha value is -1.10. The number of amides is 1. The standard InChI is InChI=1S/C16H28N2O3/c1-21-16(20)14-9-5-6-11-18(14)12-10-15(19)17-13-7-3-2-4-8-13/h13-14H,2-12H2,1H3,(H,17,19)/t14-/m0/s1. The van der Waals surface area contributed by atoms with Crippen molar-refractivity contribution in [1.82, 2.24) is 10.2 Å². The van der Waals surface area contributed by atoms with Crippen LogP contribution in [0.5, 0.6) is 0 Å². The van der Waals surface area contributed by atoms with E-state index in [1.165, 1.54) is 26.4 Å². The minimum absolute atomic E-state index is 0.121. The van der Waals surface area contributed by atoms with E-state index >= 15 is 0 Å². The Balaban J connectivity index is 1.74. The number of esters is 1. The Morgan fingerprint density at radius 2 is 1.81 bits per heavy atom. The fourth-order valence-corrected chi connectivity index (χ4v) is 3.45. The van der Waals surface area contributed by atoms with Gasteiger partial charge in [-0.25, -0.2) is 0 Å². The molecule has 21 heavy (non-hydrogen) atoms. The number of hydrogen-bond donors (Lipinski definition) is 1. The van der Waals surface area contributed by atoms with Crippen molar-refractivity contribution in [2.45, 2.75) is 69.9 Å². The lowest BCUT2D eigenvalue weighted by atomic mass is 9.95. The molecule has 5 heteroatoms. The SMILES string of the molecule is COC(=O)[C@@H]1CCCCN1CCC(=O)NC1CCCCC1. The van der Waals surface area contributed by atoms with E-state index in [1.807, 2.05) is 0 Å². The number of piperidine rings is 1. The first kappa shape index (κ1) is 16.3. The zero-order valence-electron chi connectivity index (χ0n) is 13.1. The van der Waals surface area contributed by atoms with Gasteiger partial charge in [0.15, 0.2) is 0 Å². The van der Waals surface area contributed by atoms with Gasteiger partial charge >= 0.3 is 5.97 Å². The average Bonchev–Trinajstić information content (AvgIpc) is 2.53. The predicted octanol–water partition coefficient (Wildman–Crippen LogP) is 1.85. The summed E-state index contributed by atoms with van der Waals surface area (Å²) in [7, 11) is 1.44. The quantitative estimate of drug-likeness (QED) is 0.787. The van der Waals surface area contributed by atoms with Gasteiger partial charge in [-0.15, -0.1) is 0 Å². The highest BCUT2D eigenvalue weighted by atomic mass is 16.5. The zero-order valence-corrected chi connectivity index (χ0v) is 13.1. The Labute approximate surface area is 127 Å². The summed E-state index contributed by atoms with van der Waals surface area (Å²) < 4.78 is 4.87. The molecule has 2 fully saturated rings. The number of nitrogens with zero attached hydrogens (tertiary/aromatic N) is 1. The molecule has 5 nitrogen and oxygen atoms in total. The summed E-state index contributed by atoms with van der Waals surface area (Å²) in [6, 6.07) is 0.204. The second-order valence-electron chi connectivity index (χ2n) is 6.22. The highest BCUT2D eigenvalue weighted by Crippen LogP contribution is 2.19. The van der Waals surface area contributed by atoms with E-state index < -0.39 is 0 Å². The second-order valence-corrected chi connectivity index (χ2v) is 6.22. The molecule has 0 unspecified atom stereocenters. The average molecular weight is 296 g/mol. The van der Waals surface area contributed by atoms with E-state index in [1.54, 1.807) is 0 Å². The van der Waals surface area contributed by atoms with Crippen LogP contribution in [0.4, 0.5) is 0 Å². The molecule has 0 aromatic rings. The highest BCUT2D eigenvalue weighted by Gasteiger charge is 2.29. The summed E-state index contributed by atoms with van der Waals surface area (Å²) in [6.45, 7) is 1.54. The number of carbonyl (C=O) groups excluding carboxylic acids is 2. The summed E-state index contributed by atoms with van der Waals surface area (Å²) in [5, 5.41) is 3.13. The highest BCUT2D eigenvalue weighted by molar-refractivity contribution is 5.77. The predicted molar refractivity (Wildman–Crippen MR) is 80.9 cm³/mol. The molecule has 1 atom stereocenters. The minimum Gasteiger partial charge on any atom is -0.468 e. The second kappa shape index (κ2) is 8.37. The molecule has 1 saturated carbocycles. The lowest BCUT2D eigenvalue weighted by Gasteiger charge is -2.33. The first-order valence-electron chi connectivity index (χ1n) is 8.32. The van der Waals surface area contributed by atoms with Crippen molar-refractivity contribution in [3.05, 3.63) is 0 Å². The van der Waals surface area contributed by atoms with Crippen molar-refractivity contribution in [3.8, 4) is 0 Å². The first-order chi connectivity index (χ1) is 10.2. The molecule has 1 heterocycles. The zero-order chi connectivity index (χ0) is 15.1. The molecule has 1 amide bonds. The fraction of sp³-hybridized carbons (Fsp3) is 0.875. The third kappa shape index (κ3) is 4.99. The number of rotatable bonds is 5. The molecule has 0 bridgehead atoms. The van der Waals surface area contributed by atoms with E-state index in [9.17, 15) is 9.59 Å². The van der Waals surface area contributed by atoms with Gasteiger partial charge in [0.1, 0.15) is 6.04 Å². The van der Waals surface area contributed by atoms with Gasteiger partial charge in [0.2, 0.25) is 5.91 Å². The van der Waals surface area contributed by atoms with E-state index in [0.29, 0.717) is 19.0 Å². The molecule has 1 N–H and O–H groups in total. The van der Waals surface area contributed by atoms with Crippen LogP contribution in [0.1, 0.15) is 57.8 Å². The van der Waals surface area contributed by atoms with Crippen molar-refractivity contribution >= 4 is 11.9 Å². The maximum absolute atomic E-state index is 12.0. The van der Waals surface area contributed by atoms with Gasteiger partial charge in [-0.05, 0) is 32.2 Å². The van der Waals surface area contributed by atoms with Crippen molar-refractivity contribution < 1.29 is 14.3 Å². The van der Waals surface area contributed by atoms with E-state index in [2.05, 4.69) is 10.2 Å². The van der Waals surface area contributed by atoms with Crippen molar-refractivity contribution in [3.63, 3.8) is 0 Å². The number of likely N-dealkylation sites (tertiary alicyclic amines) is 1. The molecule has 0 aromatic heterocycles. The van der Waals surface area contributed by atoms with Gasteiger partial charge in [0, 0.05) is 19.0 Å². The third-order valence-corrected chi connectivity index (χ3v) is 4.68. The van der Waals surface area contributed by atoms with Crippen LogP contribution >= 0.6 is 0 Å². The Kier molecular flexibility index (Phi) is 6.49. The monoisotopic (exact) mass is 296 g/mol. The molecular weight excluding hydrogens is 268 g/mol. The van der Waals surface area contributed by atoms with Crippen LogP contribution in [-0.4, -0.2) is 49.1 Å². The normalized spacial score (nSPS) is 24.5. The Morgan fingerprint density at radius 3 is 2.52 bits per heavy atom. The smallest absolute Gasteiger partial charge is 0.323 e. The van der Waals surface area contributed by atoms with E-state index in [4.69, 9.17) is 4.74 Å². The molecule has 1 saturated heterocycles. The van der Waals surface area contributed by atoms with Gasteiger partial charge in [-0.3, -0.25) is 14.5 Å².